The summed E-state index contributed by atoms with van der Waals surface area (Å²) < 4.78 is 5.80. The average Bonchev–Trinajstić information content (AvgIpc) is 2.88. The van der Waals surface area contributed by atoms with Crippen molar-refractivity contribution >= 4 is 11.8 Å². The molecule has 0 spiro atoms. The Morgan fingerprint density at radius 1 is 1.17 bits per heavy atom. The van der Waals surface area contributed by atoms with Crippen molar-refractivity contribution in [2.45, 2.75) is 64.7 Å². The van der Waals surface area contributed by atoms with Crippen molar-refractivity contribution in [3.05, 3.63) is 28.8 Å². The summed E-state index contributed by atoms with van der Waals surface area (Å²) in [6.45, 7) is 2.57. The minimum atomic E-state index is -0.808. The van der Waals surface area contributed by atoms with Crippen LogP contribution in [0.25, 0.3) is 0 Å². The Morgan fingerprint density at radius 3 is 2.74 bits per heavy atom. The average molecular weight is 318 g/mol. The Balaban J connectivity index is 2.04. The van der Waals surface area contributed by atoms with Crippen LogP contribution in [0.4, 0.5) is 0 Å². The SMILES string of the molecule is CCCCCCc1cc2c(cc1OCCCC(=O)O)C(=O)CC2. The lowest BCUT2D eigenvalue weighted by atomic mass is 10.00. The molecule has 1 aliphatic rings. The molecule has 0 atom stereocenters. The maximum atomic E-state index is 11.9. The molecule has 0 aliphatic heterocycles. The molecule has 0 unspecified atom stereocenters. The fourth-order valence-electron chi connectivity index (χ4n) is 3.00. The summed E-state index contributed by atoms with van der Waals surface area (Å²) in [6.07, 6.45) is 7.72. The first-order valence-corrected chi connectivity index (χ1v) is 8.65. The minimum absolute atomic E-state index is 0.107. The van der Waals surface area contributed by atoms with Gasteiger partial charge in [0.1, 0.15) is 5.75 Å². The van der Waals surface area contributed by atoms with Gasteiger partial charge in [-0.15, -0.1) is 0 Å². The third-order valence-corrected chi connectivity index (χ3v) is 4.30. The van der Waals surface area contributed by atoms with Crippen LogP contribution in [0.2, 0.25) is 0 Å². The highest BCUT2D eigenvalue weighted by atomic mass is 16.5. The van der Waals surface area contributed by atoms with E-state index in [1.54, 1.807) is 0 Å². The van der Waals surface area contributed by atoms with Gasteiger partial charge >= 0.3 is 5.97 Å². The van der Waals surface area contributed by atoms with Crippen molar-refractivity contribution in [1.82, 2.24) is 0 Å². The zero-order chi connectivity index (χ0) is 16.7. The van der Waals surface area contributed by atoms with Crippen LogP contribution in [0, 0.1) is 0 Å². The van der Waals surface area contributed by atoms with Crippen LogP contribution in [0.3, 0.4) is 0 Å². The molecule has 2 rings (SSSR count). The van der Waals surface area contributed by atoms with Crippen LogP contribution in [-0.2, 0) is 17.6 Å². The third-order valence-electron chi connectivity index (χ3n) is 4.30. The molecule has 1 aromatic rings. The molecule has 0 saturated heterocycles. The highest BCUT2D eigenvalue weighted by Crippen LogP contribution is 2.31. The number of ether oxygens (including phenoxy) is 1. The Morgan fingerprint density at radius 2 is 2.00 bits per heavy atom. The second-order valence-electron chi connectivity index (χ2n) is 6.20. The number of benzene rings is 1. The summed E-state index contributed by atoms with van der Waals surface area (Å²) in [5.41, 5.74) is 3.08. The van der Waals surface area contributed by atoms with Crippen LogP contribution in [0.15, 0.2) is 12.1 Å². The van der Waals surface area contributed by atoms with Crippen molar-refractivity contribution < 1.29 is 19.4 Å². The first-order chi connectivity index (χ1) is 11.1. The van der Waals surface area contributed by atoms with Crippen molar-refractivity contribution in [3.63, 3.8) is 0 Å². The maximum absolute atomic E-state index is 11.9. The van der Waals surface area contributed by atoms with Gasteiger partial charge in [0.25, 0.3) is 0 Å². The first-order valence-electron chi connectivity index (χ1n) is 8.65. The number of fused-ring (bicyclic) bond motifs is 1. The van der Waals surface area contributed by atoms with Gasteiger partial charge in [0, 0.05) is 18.4 Å². The van der Waals surface area contributed by atoms with E-state index in [-0.39, 0.29) is 12.2 Å². The molecule has 0 saturated carbocycles. The lowest BCUT2D eigenvalue weighted by Gasteiger charge is -2.13. The summed E-state index contributed by atoms with van der Waals surface area (Å²) in [5.74, 6) is 0.145. The molecular weight excluding hydrogens is 292 g/mol. The molecule has 0 fully saturated rings. The zero-order valence-corrected chi connectivity index (χ0v) is 13.9. The third kappa shape index (κ3) is 5.08. The molecule has 4 nitrogen and oxygen atoms in total. The number of rotatable bonds is 10. The summed E-state index contributed by atoms with van der Waals surface area (Å²) >= 11 is 0. The van der Waals surface area contributed by atoms with Gasteiger partial charge in [0.05, 0.1) is 6.61 Å². The van der Waals surface area contributed by atoms with E-state index in [9.17, 15) is 9.59 Å². The highest BCUT2D eigenvalue weighted by Gasteiger charge is 2.22. The van der Waals surface area contributed by atoms with Crippen LogP contribution >= 0.6 is 0 Å². The van der Waals surface area contributed by atoms with E-state index in [1.807, 2.05) is 6.07 Å². The summed E-state index contributed by atoms with van der Waals surface area (Å²) in [4.78, 5) is 22.5. The number of carboxylic acids is 1. The van der Waals surface area contributed by atoms with Crippen LogP contribution in [-0.4, -0.2) is 23.5 Å². The molecule has 0 aromatic heterocycles. The van der Waals surface area contributed by atoms with Crippen LogP contribution in [0.1, 0.15) is 73.4 Å². The van der Waals surface area contributed by atoms with E-state index in [1.165, 1.54) is 19.3 Å². The second-order valence-corrected chi connectivity index (χ2v) is 6.20. The van der Waals surface area contributed by atoms with Gasteiger partial charge in [0.15, 0.2) is 5.78 Å². The Bertz CT molecular complexity index is 563. The molecule has 0 bridgehead atoms. The minimum Gasteiger partial charge on any atom is -0.493 e. The fourth-order valence-corrected chi connectivity index (χ4v) is 3.00. The van der Waals surface area contributed by atoms with Gasteiger partial charge in [-0.1, -0.05) is 32.3 Å². The molecule has 1 aromatic carbocycles. The number of hydrogen-bond acceptors (Lipinski definition) is 3. The van der Waals surface area contributed by atoms with Crippen molar-refractivity contribution in [2.24, 2.45) is 0 Å². The topological polar surface area (TPSA) is 63.6 Å². The monoisotopic (exact) mass is 318 g/mol. The standard InChI is InChI=1S/C19H26O4/c1-2-3-4-5-7-15-12-14-9-10-17(20)16(14)13-18(15)23-11-6-8-19(21)22/h12-13H,2-11H2,1H3,(H,21,22). The number of Topliss-reactive ketones (excluding diaryl/α,β-unsaturated/α-hetero) is 1. The fraction of sp³-hybridized carbons (Fsp3) is 0.579. The molecule has 1 aliphatic carbocycles. The van der Waals surface area contributed by atoms with Crippen LogP contribution < -0.4 is 4.74 Å². The van der Waals surface area contributed by atoms with Crippen molar-refractivity contribution in [3.8, 4) is 5.75 Å². The molecule has 0 heterocycles. The Kier molecular flexibility index (Phi) is 6.63. The van der Waals surface area contributed by atoms with Crippen molar-refractivity contribution in [1.29, 1.82) is 0 Å². The van der Waals surface area contributed by atoms with Crippen molar-refractivity contribution in [2.75, 3.05) is 6.61 Å². The van der Waals surface area contributed by atoms with E-state index in [0.29, 0.717) is 19.4 Å². The highest BCUT2D eigenvalue weighted by molar-refractivity contribution is 6.00. The number of aliphatic carboxylic acids is 1. The summed E-state index contributed by atoms with van der Waals surface area (Å²) in [7, 11) is 0. The van der Waals surface area contributed by atoms with E-state index < -0.39 is 5.97 Å². The second kappa shape index (κ2) is 8.70. The predicted octanol–water partition coefficient (Wildman–Crippen LogP) is 4.18. The van der Waals surface area contributed by atoms with Gasteiger partial charge < -0.3 is 9.84 Å². The number of carbonyl (C=O) groups is 2. The molecule has 4 heteroatoms. The summed E-state index contributed by atoms with van der Waals surface area (Å²) in [6, 6.07) is 4.00. The summed E-state index contributed by atoms with van der Waals surface area (Å²) in [5, 5.41) is 8.69. The maximum Gasteiger partial charge on any atom is 0.303 e. The smallest absolute Gasteiger partial charge is 0.303 e. The van der Waals surface area contributed by atoms with Gasteiger partial charge in [-0.05, 0) is 42.9 Å². The lowest BCUT2D eigenvalue weighted by Crippen LogP contribution is -2.05. The molecule has 126 valence electrons. The van der Waals surface area contributed by atoms with E-state index >= 15 is 0 Å². The molecular formula is C19H26O4. The van der Waals surface area contributed by atoms with E-state index in [0.717, 1.165) is 41.7 Å². The normalized spacial score (nSPS) is 13.2. The van der Waals surface area contributed by atoms with Gasteiger partial charge in [0.2, 0.25) is 0 Å². The Hall–Kier alpha value is -1.84. The number of carboxylic acid groups (broad SMARTS) is 1. The number of hydrogen-bond donors (Lipinski definition) is 1. The zero-order valence-electron chi connectivity index (χ0n) is 13.9. The van der Waals surface area contributed by atoms with Gasteiger partial charge in [-0.3, -0.25) is 9.59 Å². The predicted molar refractivity (Wildman–Crippen MR) is 89.3 cm³/mol. The molecule has 1 N–H and O–H groups in total. The van der Waals surface area contributed by atoms with Crippen LogP contribution in [0.5, 0.6) is 5.75 Å². The Labute approximate surface area is 137 Å². The van der Waals surface area contributed by atoms with Gasteiger partial charge in [-0.25, -0.2) is 0 Å². The van der Waals surface area contributed by atoms with Gasteiger partial charge in [-0.2, -0.15) is 0 Å². The molecule has 23 heavy (non-hydrogen) atoms. The number of aryl methyl sites for hydroxylation is 2. The first kappa shape index (κ1) is 17.5. The molecule has 0 radical (unpaired) electrons. The molecule has 0 amide bonds. The quantitative estimate of drug-likeness (QED) is 0.657. The number of carbonyl (C=O) groups excluding carboxylic acids is 1. The largest absolute Gasteiger partial charge is 0.493 e. The van der Waals surface area contributed by atoms with E-state index in [4.69, 9.17) is 9.84 Å². The number of ketones is 1. The lowest BCUT2D eigenvalue weighted by molar-refractivity contribution is -0.137. The number of unbranched alkanes of at least 4 members (excludes halogenated alkanes) is 3. The van der Waals surface area contributed by atoms with E-state index in [2.05, 4.69) is 13.0 Å².